The topological polar surface area (TPSA) is 39.2 Å². The second-order valence-corrected chi connectivity index (χ2v) is 7.44. The fourth-order valence-electron chi connectivity index (χ4n) is 4.32. The van der Waals surface area contributed by atoms with Crippen LogP contribution >= 0.6 is 0 Å². The highest BCUT2D eigenvalue weighted by Gasteiger charge is 2.62. The van der Waals surface area contributed by atoms with Crippen LogP contribution < -0.4 is 0 Å². The summed E-state index contributed by atoms with van der Waals surface area (Å²) in [5, 5.41) is 0. The zero-order chi connectivity index (χ0) is 15.1. The van der Waals surface area contributed by atoms with Gasteiger partial charge in [0, 0.05) is 24.2 Å². The van der Waals surface area contributed by atoms with Gasteiger partial charge in [-0.05, 0) is 54.7 Å². The lowest BCUT2D eigenvalue weighted by Crippen LogP contribution is -2.38. The molecule has 2 aliphatic carbocycles. The molecule has 3 atom stereocenters. The Bertz CT molecular complexity index is 525. The molecule has 2 saturated carbocycles. The monoisotopic (exact) mass is 287 g/mol. The number of carbonyl (C=O) groups is 1. The quantitative estimate of drug-likeness (QED) is 0.791. The molecule has 3 unspecified atom stereocenters. The van der Waals surface area contributed by atoms with Gasteiger partial charge in [-0.25, -0.2) is 0 Å². The number of aryl methyl sites for hydroxylation is 1. The van der Waals surface area contributed by atoms with Crippen molar-refractivity contribution in [1.82, 2.24) is 4.98 Å². The van der Waals surface area contributed by atoms with Crippen molar-refractivity contribution in [2.75, 3.05) is 0 Å². The fraction of sp³-hybridized carbons (Fsp3) is 0.667. The minimum atomic E-state index is -0.0543. The smallest absolute Gasteiger partial charge is 0.306 e. The van der Waals surface area contributed by atoms with Gasteiger partial charge in [-0.15, -0.1) is 0 Å². The Morgan fingerprint density at radius 3 is 2.62 bits per heavy atom. The molecule has 114 valence electrons. The average molecular weight is 287 g/mol. The number of hydrogen-bond acceptors (Lipinski definition) is 3. The van der Waals surface area contributed by atoms with Crippen LogP contribution in [0.3, 0.4) is 0 Å². The van der Waals surface area contributed by atoms with Crippen molar-refractivity contribution in [2.24, 2.45) is 16.7 Å². The van der Waals surface area contributed by atoms with E-state index in [0.29, 0.717) is 17.8 Å². The molecule has 3 nitrogen and oxygen atoms in total. The van der Waals surface area contributed by atoms with Crippen molar-refractivity contribution in [3.8, 4) is 0 Å². The van der Waals surface area contributed by atoms with E-state index in [1.165, 1.54) is 12.8 Å². The second kappa shape index (κ2) is 5.11. The van der Waals surface area contributed by atoms with E-state index in [1.54, 1.807) is 12.4 Å². The predicted molar refractivity (Wildman–Crippen MR) is 81.7 cm³/mol. The van der Waals surface area contributed by atoms with Gasteiger partial charge in [0.05, 0.1) is 0 Å². The van der Waals surface area contributed by atoms with Gasteiger partial charge in [0.25, 0.3) is 0 Å². The first-order valence-corrected chi connectivity index (χ1v) is 8.02. The number of aromatic nitrogens is 1. The van der Waals surface area contributed by atoms with Gasteiger partial charge in [0.15, 0.2) is 0 Å². The number of ether oxygens (including phenoxy) is 1. The van der Waals surface area contributed by atoms with Gasteiger partial charge in [0.1, 0.15) is 6.10 Å². The van der Waals surface area contributed by atoms with Crippen LogP contribution in [-0.4, -0.2) is 17.1 Å². The molecule has 2 bridgehead atoms. The van der Waals surface area contributed by atoms with Crippen LogP contribution in [0.5, 0.6) is 0 Å². The van der Waals surface area contributed by atoms with Crippen molar-refractivity contribution in [3.63, 3.8) is 0 Å². The van der Waals surface area contributed by atoms with Crippen molar-refractivity contribution in [1.29, 1.82) is 0 Å². The predicted octanol–water partition coefficient (Wildman–Crippen LogP) is 3.77. The van der Waals surface area contributed by atoms with E-state index in [4.69, 9.17) is 4.74 Å². The molecule has 0 radical (unpaired) electrons. The summed E-state index contributed by atoms with van der Waals surface area (Å²) in [7, 11) is 0. The number of carbonyl (C=O) groups excluding carboxylic acids is 1. The summed E-state index contributed by atoms with van der Waals surface area (Å²) in [5.41, 5.74) is 1.59. The van der Waals surface area contributed by atoms with Crippen molar-refractivity contribution in [2.45, 2.75) is 59.0 Å². The lowest BCUT2D eigenvalue weighted by Gasteiger charge is -2.38. The third kappa shape index (κ3) is 2.37. The van der Waals surface area contributed by atoms with Crippen LogP contribution in [0.1, 0.15) is 52.0 Å². The molecule has 1 heterocycles. The Labute approximate surface area is 127 Å². The molecule has 0 N–H and O–H groups in total. The van der Waals surface area contributed by atoms with E-state index < -0.39 is 0 Å². The van der Waals surface area contributed by atoms with Crippen molar-refractivity contribution < 1.29 is 9.53 Å². The Morgan fingerprint density at radius 2 is 2.05 bits per heavy atom. The van der Waals surface area contributed by atoms with Gasteiger partial charge < -0.3 is 4.74 Å². The van der Waals surface area contributed by atoms with Gasteiger partial charge in [-0.2, -0.15) is 0 Å². The summed E-state index contributed by atoms with van der Waals surface area (Å²) in [6, 6.07) is 3.91. The third-order valence-corrected chi connectivity index (χ3v) is 6.35. The van der Waals surface area contributed by atoms with Crippen molar-refractivity contribution in [3.05, 3.63) is 30.1 Å². The van der Waals surface area contributed by atoms with Crippen LogP contribution in [0.25, 0.3) is 0 Å². The first-order chi connectivity index (χ1) is 9.93. The molecule has 1 aromatic rings. The third-order valence-electron chi connectivity index (χ3n) is 6.35. The minimum absolute atomic E-state index is 0.0543. The van der Waals surface area contributed by atoms with Crippen LogP contribution in [-0.2, 0) is 16.0 Å². The normalized spacial score (nSPS) is 33.1. The Morgan fingerprint density at radius 1 is 1.33 bits per heavy atom. The van der Waals surface area contributed by atoms with Crippen molar-refractivity contribution >= 4 is 5.97 Å². The molecule has 2 aliphatic rings. The summed E-state index contributed by atoms with van der Waals surface area (Å²) in [6.45, 7) is 6.99. The van der Waals surface area contributed by atoms with Gasteiger partial charge in [-0.3, -0.25) is 9.78 Å². The van der Waals surface area contributed by atoms with Crippen LogP contribution in [0.4, 0.5) is 0 Å². The number of nitrogens with zero attached hydrogens (tertiary/aromatic N) is 1. The number of esters is 1. The lowest BCUT2D eigenvalue weighted by atomic mass is 9.70. The molecule has 3 heteroatoms. The maximum Gasteiger partial charge on any atom is 0.306 e. The highest BCUT2D eigenvalue weighted by molar-refractivity contribution is 5.70. The highest BCUT2D eigenvalue weighted by atomic mass is 16.5. The molecule has 0 amide bonds. The Kier molecular flexibility index (Phi) is 3.54. The van der Waals surface area contributed by atoms with E-state index in [2.05, 4.69) is 25.8 Å². The first-order valence-electron chi connectivity index (χ1n) is 8.02. The number of rotatable bonds is 4. The van der Waals surface area contributed by atoms with Crippen LogP contribution in [0.2, 0.25) is 0 Å². The first kappa shape index (κ1) is 14.6. The van der Waals surface area contributed by atoms with Gasteiger partial charge >= 0.3 is 5.97 Å². The van der Waals surface area contributed by atoms with E-state index in [1.807, 2.05) is 12.1 Å². The maximum absolute atomic E-state index is 12.2. The van der Waals surface area contributed by atoms with E-state index in [-0.39, 0.29) is 17.5 Å². The van der Waals surface area contributed by atoms with E-state index in [9.17, 15) is 4.79 Å². The zero-order valence-electron chi connectivity index (χ0n) is 13.3. The second-order valence-electron chi connectivity index (χ2n) is 7.44. The number of hydrogen-bond donors (Lipinski definition) is 0. The molecular formula is C18H25NO2. The molecule has 21 heavy (non-hydrogen) atoms. The summed E-state index contributed by atoms with van der Waals surface area (Å²) < 4.78 is 5.85. The lowest BCUT2D eigenvalue weighted by molar-refractivity contribution is -0.156. The zero-order valence-corrected chi connectivity index (χ0v) is 13.3. The van der Waals surface area contributed by atoms with E-state index in [0.717, 1.165) is 18.4 Å². The molecule has 0 aliphatic heterocycles. The molecule has 0 saturated heterocycles. The minimum Gasteiger partial charge on any atom is -0.462 e. The molecule has 0 aromatic carbocycles. The average Bonchev–Trinajstić information content (AvgIpc) is 2.79. The summed E-state index contributed by atoms with van der Waals surface area (Å²) >= 11 is 0. The van der Waals surface area contributed by atoms with Gasteiger partial charge in [-0.1, -0.05) is 20.8 Å². The standard InChI is InChI=1S/C18H25NO2/c1-17(2)14-6-9-18(17,3)15(12-14)21-16(20)5-4-13-7-10-19-11-8-13/h7-8,10-11,14-15H,4-6,9,12H2,1-3H3. The summed E-state index contributed by atoms with van der Waals surface area (Å²) in [6.07, 6.45) is 8.35. The molecule has 1 aromatic heterocycles. The molecule has 0 spiro atoms. The molecular weight excluding hydrogens is 262 g/mol. The Hall–Kier alpha value is -1.38. The largest absolute Gasteiger partial charge is 0.462 e. The maximum atomic E-state index is 12.2. The number of fused-ring (bicyclic) bond motifs is 2. The Balaban J connectivity index is 1.57. The van der Waals surface area contributed by atoms with Crippen LogP contribution in [0.15, 0.2) is 24.5 Å². The molecule has 2 fully saturated rings. The highest BCUT2D eigenvalue weighted by Crippen LogP contribution is 2.66. The van der Waals surface area contributed by atoms with Crippen LogP contribution in [0, 0.1) is 16.7 Å². The summed E-state index contributed by atoms with van der Waals surface area (Å²) in [4.78, 5) is 16.2. The van der Waals surface area contributed by atoms with E-state index >= 15 is 0 Å². The number of pyridine rings is 1. The SMILES string of the molecule is CC1(C)C2CCC1(C)C(OC(=O)CCc1ccncc1)C2. The fourth-order valence-corrected chi connectivity index (χ4v) is 4.32. The van der Waals surface area contributed by atoms with Gasteiger partial charge in [0.2, 0.25) is 0 Å². The molecule has 3 rings (SSSR count). The summed E-state index contributed by atoms with van der Waals surface area (Å²) in [5.74, 6) is 0.655.